The van der Waals surface area contributed by atoms with Crippen LogP contribution in [0.5, 0.6) is 0 Å². The molecule has 14 heavy (non-hydrogen) atoms. The van der Waals surface area contributed by atoms with Gasteiger partial charge < -0.3 is 10.8 Å². The number of hydrogen-bond acceptors (Lipinski definition) is 3. The number of halogens is 1. The molecule has 1 fully saturated rings. The minimum absolute atomic E-state index is 0.114. The van der Waals surface area contributed by atoms with Crippen molar-refractivity contribution in [2.24, 2.45) is 5.73 Å². The van der Waals surface area contributed by atoms with E-state index in [9.17, 15) is 14.0 Å². The number of aliphatic carboxylic acids is 1. The summed E-state index contributed by atoms with van der Waals surface area (Å²) in [5, 5.41) is 8.66. The third kappa shape index (κ3) is 1.57. The Kier molecular flexibility index (Phi) is 2.75. The lowest BCUT2D eigenvalue weighted by atomic mass is 10.1. The maximum atomic E-state index is 13.8. The molecule has 0 aliphatic carbocycles. The molecule has 0 radical (unpaired) electrons. The van der Waals surface area contributed by atoms with Gasteiger partial charge >= 0.3 is 5.97 Å². The van der Waals surface area contributed by atoms with Crippen LogP contribution in [0.15, 0.2) is 0 Å². The van der Waals surface area contributed by atoms with Gasteiger partial charge in [-0.1, -0.05) is 0 Å². The fraction of sp³-hybridized carbons (Fsp3) is 0.750. The molecular formula is C8H13FN2O3. The van der Waals surface area contributed by atoms with Crippen LogP contribution in [0.2, 0.25) is 0 Å². The van der Waals surface area contributed by atoms with Gasteiger partial charge in [0.2, 0.25) is 5.91 Å². The number of hydrogen-bond donors (Lipinski definition) is 2. The highest BCUT2D eigenvalue weighted by Crippen LogP contribution is 2.31. The van der Waals surface area contributed by atoms with Gasteiger partial charge in [-0.2, -0.15) is 0 Å². The molecule has 0 aromatic rings. The Balaban J connectivity index is 2.89. The summed E-state index contributed by atoms with van der Waals surface area (Å²) in [5.41, 5.74) is 5.29. The Hall–Kier alpha value is -1.17. The van der Waals surface area contributed by atoms with Crippen LogP contribution in [0.25, 0.3) is 0 Å². The average molecular weight is 204 g/mol. The zero-order valence-corrected chi connectivity index (χ0v) is 7.86. The first kappa shape index (κ1) is 10.9. The SMILES string of the molecule is C[C@H](N)C(=O)N1CCC[C@@]1(F)C(=O)O. The van der Waals surface area contributed by atoms with Crippen molar-refractivity contribution in [3.05, 3.63) is 0 Å². The lowest BCUT2D eigenvalue weighted by molar-refractivity contribution is -0.169. The molecular weight excluding hydrogens is 191 g/mol. The molecule has 1 aliphatic heterocycles. The highest BCUT2D eigenvalue weighted by molar-refractivity contribution is 5.88. The second-order valence-electron chi connectivity index (χ2n) is 3.45. The van der Waals surface area contributed by atoms with E-state index >= 15 is 0 Å². The summed E-state index contributed by atoms with van der Waals surface area (Å²) in [7, 11) is 0. The van der Waals surface area contributed by atoms with E-state index in [4.69, 9.17) is 10.8 Å². The van der Waals surface area contributed by atoms with E-state index in [-0.39, 0.29) is 13.0 Å². The van der Waals surface area contributed by atoms with E-state index in [0.29, 0.717) is 11.3 Å². The summed E-state index contributed by atoms with van der Waals surface area (Å²) in [5.74, 6) is -4.85. The summed E-state index contributed by atoms with van der Waals surface area (Å²) < 4.78 is 13.8. The average Bonchev–Trinajstić information content (AvgIpc) is 2.47. The summed E-state index contributed by atoms with van der Waals surface area (Å²) in [4.78, 5) is 22.7. The molecule has 1 rings (SSSR count). The number of amides is 1. The molecule has 0 aromatic heterocycles. The van der Waals surface area contributed by atoms with Crippen LogP contribution < -0.4 is 5.73 Å². The van der Waals surface area contributed by atoms with E-state index in [1.54, 1.807) is 0 Å². The first-order valence-corrected chi connectivity index (χ1v) is 4.39. The molecule has 1 saturated heterocycles. The van der Waals surface area contributed by atoms with Crippen LogP contribution in [0.4, 0.5) is 4.39 Å². The summed E-state index contributed by atoms with van der Waals surface area (Å²) in [6, 6.07) is -0.873. The van der Waals surface area contributed by atoms with Gasteiger partial charge in [0.25, 0.3) is 5.79 Å². The first-order valence-electron chi connectivity index (χ1n) is 4.39. The number of alkyl halides is 1. The van der Waals surface area contributed by atoms with Crippen molar-refractivity contribution >= 4 is 11.9 Å². The van der Waals surface area contributed by atoms with Crippen molar-refractivity contribution in [1.82, 2.24) is 4.90 Å². The van der Waals surface area contributed by atoms with Gasteiger partial charge in [0.05, 0.1) is 6.04 Å². The van der Waals surface area contributed by atoms with Gasteiger partial charge in [0.15, 0.2) is 0 Å². The summed E-state index contributed by atoms with van der Waals surface area (Å²) >= 11 is 0. The minimum atomic E-state index is -2.56. The Bertz CT molecular complexity index is 269. The van der Waals surface area contributed by atoms with Crippen molar-refractivity contribution in [1.29, 1.82) is 0 Å². The highest BCUT2D eigenvalue weighted by Gasteiger charge is 2.51. The maximum absolute atomic E-state index is 13.8. The number of carboxylic acids is 1. The monoisotopic (exact) mass is 204 g/mol. The lowest BCUT2D eigenvalue weighted by Crippen LogP contribution is -2.53. The lowest BCUT2D eigenvalue weighted by Gasteiger charge is -2.28. The van der Waals surface area contributed by atoms with Crippen LogP contribution in [0.3, 0.4) is 0 Å². The summed E-state index contributed by atoms with van der Waals surface area (Å²) in [6.45, 7) is 1.52. The first-order chi connectivity index (χ1) is 6.39. The molecule has 0 unspecified atom stereocenters. The zero-order chi connectivity index (χ0) is 10.9. The van der Waals surface area contributed by atoms with Gasteiger partial charge in [-0.05, 0) is 13.3 Å². The molecule has 3 N–H and O–H groups in total. The Morgan fingerprint density at radius 1 is 1.64 bits per heavy atom. The maximum Gasteiger partial charge on any atom is 0.362 e. The molecule has 0 spiro atoms. The predicted molar refractivity (Wildman–Crippen MR) is 46.1 cm³/mol. The van der Waals surface area contributed by atoms with Gasteiger partial charge in [0.1, 0.15) is 0 Å². The molecule has 5 nitrogen and oxygen atoms in total. The van der Waals surface area contributed by atoms with E-state index in [1.165, 1.54) is 6.92 Å². The molecule has 0 bridgehead atoms. The molecule has 1 heterocycles. The normalized spacial score (nSPS) is 28.9. The van der Waals surface area contributed by atoms with E-state index < -0.39 is 23.7 Å². The Labute approximate surface area is 80.7 Å². The number of carbonyl (C=O) groups is 2. The molecule has 1 amide bonds. The zero-order valence-electron chi connectivity index (χ0n) is 7.86. The predicted octanol–water partition coefficient (Wildman–Crippen LogP) is -0.294. The van der Waals surface area contributed by atoms with E-state index in [2.05, 4.69) is 0 Å². The third-order valence-corrected chi connectivity index (χ3v) is 2.30. The van der Waals surface area contributed by atoms with Gasteiger partial charge in [-0.15, -0.1) is 0 Å². The molecule has 80 valence electrons. The fourth-order valence-corrected chi connectivity index (χ4v) is 1.54. The Morgan fingerprint density at radius 2 is 2.21 bits per heavy atom. The highest BCUT2D eigenvalue weighted by atomic mass is 19.1. The third-order valence-electron chi connectivity index (χ3n) is 2.30. The molecule has 6 heteroatoms. The van der Waals surface area contributed by atoms with Crippen molar-refractivity contribution in [2.45, 2.75) is 31.6 Å². The number of rotatable bonds is 2. The second kappa shape index (κ2) is 3.53. The van der Waals surface area contributed by atoms with E-state index in [0.717, 1.165) is 0 Å². The van der Waals surface area contributed by atoms with Crippen LogP contribution in [0, 0.1) is 0 Å². The topological polar surface area (TPSA) is 83.6 Å². The van der Waals surface area contributed by atoms with Crippen molar-refractivity contribution in [3.8, 4) is 0 Å². The van der Waals surface area contributed by atoms with Crippen molar-refractivity contribution in [2.75, 3.05) is 6.54 Å². The quantitative estimate of drug-likeness (QED) is 0.605. The smallest absolute Gasteiger partial charge is 0.362 e. The standard InChI is InChI=1S/C8H13FN2O3/c1-5(10)6(12)11-4-2-3-8(11,9)7(13)14/h5H,2-4,10H2,1H3,(H,13,14)/t5-,8-/m0/s1. The second-order valence-corrected chi connectivity index (χ2v) is 3.45. The van der Waals surface area contributed by atoms with Gasteiger partial charge in [-0.25, -0.2) is 9.18 Å². The number of nitrogens with zero attached hydrogens (tertiary/aromatic N) is 1. The molecule has 0 saturated carbocycles. The van der Waals surface area contributed by atoms with E-state index in [1.807, 2.05) is 0 Å². The van der Waals surface area contributed by atoms with Crippen molar-refractivity contribution in [3.63, 3.8) is 0 Å². The molecule has 0 aromatic carbocycles. The number of nitrogens with two attached hydrogens (primary N) is 1. The minimum Gasteiger partial charge on any atom is -0.477 e. The van der Waals surface area contributed by atoms with Gasteiger partial charge in [0, 0.05) is 13.0 Å². The van der Waals surface area contributed by atoms with Crippen LogP contribution in [-0.2, 0) is 9.59 Å². The largest absolute Gasteiger partial charge is 0.477 e. The molecule has 1 aliphatic rings. The number of carboxylic acid groups (broad SMARTS) is 1. The van der Waals surface area contributed by atoms with Crippen LogP contribution in [-0.4, -0.2) is 40.3 Å². The Morgan fingerprint density at radius 3 is 2.64 bits per heavy atom. The number of likely N-dealkylation sites (tertiary alicyclic amines) is 1. The fourth-order valence-electron chi connectivity index (χ4n) is 1.54. The summed E-state index contributed by atoms with van der Waals surface area (Å²) in [6.07, 6.45) is 0.183. The number of carbonyl (C=O) groups excluding carboxylic acids is 1. The van der Waals surface area contributed by atoms with Crippen molar-refractivity contribution < 1.29 is 19.1 Å². The molecule has 2 atom stereocenters. The van der Waals surface area contributed by atoms with Crippen LogP contribution in [0.1, 0.15) is 19.8 Å². The van der Waals surface area contributed by atoms with Crippen LogP contribution >= 0.6 is 0 Å². The van der Waals surface area contributed by atoms with Gasteiger partial charge in [-0.3, -0.25) is 9.69 Å².